The number of benzene rings is 6. The van der Waals surface area contributed by atoms with Crippen LogP contribution in [0.4, 0.5) is 0 Å². The summed E-state index contributed by atoms with van der Waals surface area (Å²) in [4.78, 5) is 76.0. The Morgan fingerprint density at radius 3 is 0.966 bits per heavy atom. The predicted molar refractivity (Wildman–Crippen MR) is 212 cm³/mol. The van der Waals surface area contributed by atoms with Crippen LogP contribution in [-0.4, -0.2) is 50.0 Å². The lowest BCUT2D eigenvalue weighted by Gasteiger charge is -2.23. The normalized spacial score (nSPS) is 11.0. The maximum atomic E-state index is 13.0. The predicted octanol–water partition coefficient (Wildman–Crippen LogP) is 8.15. The average molecular weight is 791 g/mol. The van der Waals surface area contributed by atoms with Gasteiger partial charge in [-0.2, -0.15) is 0 Å². The van der Waals surface area contributed by atoms with E-state index in [-0.39, 0.29) is 78.3 Å². The van der Waals surface area contributed by atoms with Gasteiger partial charge >= 0.3 is 35.8 Å². The van der Waals surface area contributed by atoms with Crippen LogP contribution in [0.2, 0.25) is 0 Å². The van der Waals surface area contributed by atoms with Crippen molar-refractivity contribution in [2.24, 2.45) is 0 Å². The third-order valence-corrected chi connectivity index (χ3v) is 9.01. The second-order valence-electron chi connectivity index (χ2n) is 13.4. The summed E-state index contributed by atoms with van der Waals surface area (Å²) in [6, 6.07) is 12.9. The van der Waals surface area contributed by atoms with Gasteiger partial charge in [-0.05, 0) is 72.5 Å². The molecule has 6 aromatic carbocycles. The first-order valence-electron chi connectivity index (χ1n) is 17.8. The van der Waals surface area contributed by atoms with Crippen LogP contribution in [0.25, 0.3) is 54.2 Å². The van der Waals surface area contributed by atoms with Gasteiger partial charge in [0.05, 0.1) is 14.2 Å². The molecule has 0 bridgehead atoms. The summed E-state index contributed by atoms with van der Waals surface area (Å²) >= 11 is 0. The zero-order valence-corrected chi connectivity index (χ0v) is 33.3. The fourth-order valence-electron chi connectivity index (χ4n) is 7.05. The summed E-state index contributed by atoms with van der Waals surface area (Å²) in [5, 5.41) is 2.26. The van der Waals surface area contributed by atoms with E-state index in [4.69, 9.17) is 37.9 Å². The van der Waals surface area contributed by atoms with E-state index in [9.17, 15) is 28.8 Å². The molecule has 14 nitrogen and oxygen atoms in total. The molecule has 0 saturated heterocycles. The van der Waals surface area contributed by atoms with Gasteiger partial charge in [-0.25, -0.2) is 0 Å². The van der Waals surface area contributed by atoms with Gasteiger partial charge in [-0.15, -0.1) is 0 Å². The molecule has 6 aromatic rings. The summed E-state index contributed by atoms with van der Waals surface area (Å²) in [5.41, 5.74) is 1.68. The third-order valence-electron chi connectivity index (χ3n) is 9.01. The molecule has 0 aromatic heterocycles. The quantitative estimate of drug-likeness (QED) is 0.0779. The monoisotopic (exact) mass is 790 g/mol. The Balaban J connectivity index is 1.96. The number of hydrogen-bond donors (Lipinski definition) is 0. The largest absolute Gasteiger partial charge is 0.497 e. The molecule has 0 aliphatic heterocycles. The van der Waals surface area contributed by atoms with Crippen molar-refractivity contribution in [3.05, 3.63) is 59.7 Å². The molecule has 0 fully saturated rings. The molecule has 0 unspecified atom stereocenters. The lowest BCUT2D eigenvalue weighted by atomic mass is 9.86. The second-order valence-corrected chi connectivity index (χ2v) is 13.4. The smallest absolute Gasteiger partial charge is 0.308 e. The molecular weight excluding hydrogens is 752 g/mol. The van der Waals surface area contributed by atoms with E-state index >= 15 is 0 Å². The van der Waals surface area contributed by atoms with Gasteiger partial charge in [-0.1, -0.05) is 0 Å². The number of esters is 6. The summed E-state index contributed by atoms with van der Waals surface area (Å²) in [6.45, 7) is 10.8. The molecule has 0 saturated carbocycles. The fraction of sp³-hybridized carbons (Fsp3) is 0.227. The van der Waals surface area contributed by atoms with Crippen LogP contribution >= 0.6 is 0 Å². The highest BCUT2D eigenvalue weighted by Crippen LogP contribution is 2.53. The molecule has 0 spiro atoms. The van der Waals surface area contributed by atoms with Crippen LogP contribution in [0.3, 0.4) is 0 Å². The van der Waals surface area contributed by atoms with Gasteiger partial charge in [0.25, 0.3) is 0 Å². The van der Waals surface area contributed by atoms with Crippen molar-refractivity contribution in [2.75, 3.05) is 14.2 Å². The van der Waals surface area contributed by atoms with E-state index in [1.54, 1.807) is 50.2 Å². The highest BCUT2D eigenvalue weighted by Gasteiger charge is 2.29. The lowest BCUT2D eigenvalue weighted by molar-refractivity contribution is -0.132. The van der Waals surface area contributed by atoms with Gasteiger partial charge < -0.3 is 37.9 Å². The van der Waals surface area contributed by atoms with E-state index in [0.717, 1.165) is 0 Å². The Hall–Kier alpha value is -7.22. The highest BCUT2D eigenvalue weighted by atomic mass is 16.6. The van der Waals surface area contributed by atoms with Crippen LogP contribution in [0.15, 0.2) is 48.5 Å². The van der Waals surface area contributed by atoms with Crippen molar-refractivity contribution in [1.82, 2.24) is 0 Å². The van der Waals surface area contributed by atoms with Crippen molar-refractivity contribution < 1.29 is 66.7 Å². The first-order chi connectivity index (χ1) is 27.4. The van der Waals surface area contributed by atoms with Crippen molar-refractivity contribution >= 4 is 78.9 Å². The minimum atomic E-state index is -0.714. The summed E-state index contributed by atoms with van der Waals surface area (Å²) in [6.07, 6.45) is 0. The van der Waals surface area contributed by atoms with Gasteiger partial charge in [0.15, 0.2) is 0 Å². The third kappa shape index (κ3) is 7.63. The van der Waals surface area contributed by atoms with Crippen LogP contribution < -0.4 is 37.9 Å². The molecule has 0 radical (unpaired) electrons. The highest BCUT2D eigenvalue weighted by molar-refractivity contribution is 6.22. The Bertz CT molecular complexity index is 2610. The first-order valence-corrected chi connectivity index (χ1v) is 17.8. The number of carbonyl (C=O) groups is 6. The molecule has 6 rings (SSSR count). The van der Waals surface area contributed by atoms with Crippen molar-refractivity contribution in [1.29, 1.82) is 0 Å². The molecule has 298 valence electrons. The number of rotatable bonds is 9. The van der Waals surface area contributed by atoms with Gasteiger partial charge in [-0.3, -0.25) is 28.8 Å². The van der Waals surface area contributed by atoms with Crippen molar-refractivity contribution in [2.45, 2.75) is 55.4 Å². The Kier molecular flexibility index (Phi) is 11.0. The minimum Gasteiger partial charge on any atom is -0.497 e. The lowest BCUT2D eigenvalue weighted by Crippen LogP contribution is -2.09. The molecule has 58 heavy (non-hydrogen) atoms. The number of hydrogen-bond acceptors (Lipinski definition) is 14. The van der Waals surface area contributed by atoms with Crippen LogP contribution in [-0.2, 0) is 28.8 Å². The molecule has 0 aliphatic rings. The van der Waals surface area contributed by atoms with Crippen LogP contribution in [0.5, 0.6) is 46.0 Å². The van der Waals surface area contributed by atoms with Gasteiger partial charge in [0.2, 0.25) is 0 Å². The van der Waals surface area contributed by atoms with E-state index in [1.807, 2.05) is 0 Å². The number of methoxy groups -OCH3 is 2. The second kappa shape index (κ2) is 15.7. The van der Waals surface area contributed by atoms with E-state index in [1.165, 1.54) is 67.9 Å². The maximum absolute atomic E-state index is 13.0. The summed E-state index contributed by atoms with van der Waals surface area (Å²) in [7, 11) is 2.84. The van der Waals surface area contributed by atoms with Gasteiger partial charge in [0, 0.05) is 96.8 Å². The van der Waals surface area contributed by atoms with E-state index in [0.29, 0.717) is 33.0 Å². The standard InChI is InChI=1S/C44H38O14/c1-19-11-31(39-35(41(19)55-23(5)47)17-29-33(43(39)57-25(7)49)13-27(51-9)15-37(29)53-21(3)45)32-12-20(2)42(56-24(6)48)36-18-30-34(44(40(32)36)58-26(8)50)14-28(52-10)16-38(30)54-22(4)46/h11-18H,1-10H3. The summed E-state index contributed by atoms with van der Waals surface area (Å²) < 4.78 is 46.0. The van der Waals surface area contributed by atoms with Crippen molar-refractivity contribution in [3.63, 3.8) is 0 Å². The Morgan fingerprint density at radius 1 is 0.362 bits per heavy atom. The molecule has 0 heterocycles. The zero-order chi connectivity index (χ0) is 42.3. The van der Waals surface area contributed by atoms with E-state index in [2.05, 4.69) is 0 Å². The number of ether oxygens (including phenoxy) is 8. The van der Waals surface area contributed by atoms with Crippen molar-refractivity contribution in [3.8, 4) is 57.1 Å². The number of aryl methyl sites for hydroxylation is 2. The number of carbonyl (C=O) groups excluding carboxylic acids is 6. The topological polar surface area (TPSA) is 176 Å². The number of fused-ring (bicyclic) bond motifs is 4. The fourth-order valence-corrected chi connectivity index (χ4v) is 7.05. The molecule has 0 amide bonds. The van der Waals surface area contributed by atoms with E-state index < -0.39 is 35.8 Å². The SMILES string of the molecule is COc1cc(OC(C)=O)c2cc3c(OC(C)=O)c(C)cc(-c4cc(C)c(OC(C)=O)c5cc6c(OC(C)=O)cc(OC)cc6c(OC(C)=O)c45)c3c(OC(C)=O)c2c1. The Labute approximate surface area is 331 Å². The minimum absolute atomic E-state index is 0.0146. The molecule has 0 N–H and O–H groups in total. The zero-order valence-electron chi connectivity index (χ0n) is 33.3. The molecular formula is C44H38O14. The van der Waals surface area contributed by atoms with Gasteiger partial charge in [0.1, 0.15) is 46.0 Å². The summed E-state index contributed by atoms with van der Waals surface area (Å²) in [5.74, 6) is -3.12. The Morgan fingerprint density at radius 2 is 0.672 bits per heavy atom. The molecule has 0 aliphatic carbocycles. The molecule has 0 atom stereocenters. The first kappa shape index (κ1) is 40.4. The van der Waals surface area contributed by atoms with Crippen LogP contribution in [0.1, 0.15) is 52.7 Å². The average Bonchev–Trinajstić information content (AvgIpc) is 3.12. The molecule has 14 heteroatoms. The maximum Gasteiger partial charge on any atom is 0.308 e. The van der Waals surface area contributed by atoms with Crippen LogP contribution in [0, 0.1) is 13.8 Å².